The lowest BCUT2D eigenvalue weighted by Crippen LogP contribution is -2.39. The summed E-state index contributed by atoms with van der Waals surface area (Å²) in [5.41, 5.74) is 6.64. The third-order valence-electron chi connectivity index (χ3n) is 2.86. The van der Waals surface area contributed by atoms with Crippen molar-refractivity contribution in [2.75, 3.05) is 6.54 Å². The van der Waals surface area contributed by atoms with Gasteiger partial charge in [0, 0.05) is 6.54 Å². The third kappa shape index (κ3) is 2.28. The molecule has 0 radical (unpaired) electrons. The van der Waals surface area contributed by atoms with E-state index < -0.39 is 14.6 Å². The smallest absolute Gasteiger partial charge is 0.184 e. The molecule has 0 amide bonds. The SMILES string of the molecule is CCc1ccc(S(=O)(=O)C(C)(C)CN)cc1. The maximum absolute atomic E-state index is 12.2. The maximum Gasteiger partial charge on any atom is 0.184 e. The quantitative estimate of drug-likeness (QED) is 0.873. The van der Waals surface area contributed by atoms with Crippen LogP contribution in [0.15, 0.2) is 29.2 Å². The lowest BCUT2D eigenvalue weighted by molar-refractivity contribution is 0.549. The molecule has 1 aromatic carbocycles. The Morgan fingerprint density at radius 2 is 1.69 bits per heavy atom. The van der Waals surface area contributed by atoms with Gasteiger partial charge in [-0.05, 0) is 38.0 Å². The maximum atomic E-state index is 12.2. The van der Waals surface area contributed by atoms with Crippen molar-refractivity contribution in [3.8, 4) is 0 Å². The molecule has 0 atom stereocenters. The first-order valence-corrected chi connectivity index (χ1v) is 6.87. The van der Waals surface area contributed by atoms with Crippen molar-refractivity contribution in [2.24, 2.45) is 5.73 Å². The summed E-state index contributed by atoms with van der Waals surface area (Å²) in [5.74, 6) is 0. The molecule has 2 N–H and O–H groups in total. The van der Waals surface area contributed by atoms with E-state index in [4.69, 9.17) is 5.73 Å². The molecule has 3 nitrogen and oxygen atoms in total. The molecule has 16 heavy (non-hydrogen) atoms. The lowest BCUT2D eigenvalue weighted by Gasteiger charge is -2.22. The van der Waals surface area contributed by atoms with Crippen LogP contribution in [0.1, 0.15) is 26.3 Å². The summed E-state index contributed by atoms with van der Waals surface area (Å²) in [4.78, 5) is 0.347. The van der Waals surface area contributed by atoms with Gasteiger partial charge >= 0.3 is 0 Å². The molecule has 0 fully saturated rings. The summed E-state index contributed by atoms with van der Waals surface area (Å²) in [5, 5.41) is 0. The zero-order valence-corrected chi connectivity index (χ0v) is 10.8. The first kappa shape index (κ1) is 13.2. The fourth-order valence-electron chi connectivity index (χ4n) is 1.33. The van der Waals surface area contributed by atoms with E-state index in [0.29, 0.717) is 4.90 Å². The van der Waals surface area contributed by atoms with Crippen LogP contribution in [0.5, 0.6) is 0 Å². The predicted octanol–water partition coefficient (Wildman–Crippen LogP) is 1.76. The largest absolute Gasteiger partial charge is 0.329 e. The summed E-state index contributed by atoms with van der Waals surface area (Å²) < 4.78 is 23.5. The van der Waals surface area contributed by atoms with Crippen molar-refractivity contribution < 1.29 is 8.42 Å². The van der Waals surface area contributed by atoms with Gasteiger partial charge in [-0.3, -0.25) is 0 Å². The van der Waals surface area contributed by atoms with Crippen LogP contribution < -0.4 is 5.73 Å². The van der Waals surface area contributed by atoms with Gasteiger partial charge in [0.2, 0.25) is 0 Å². The highest BCUT2D eigenvalue weighted by Crippen LogP contribution is 2.24. The molecule has 90 valence electrons. The van der Waals surface area contributed by atoms with Gasteiger partial charge in [0.15, 0.2) is 9.84 Å². The van der Waals surface area contributed by atoms with Crippen LogP contribution in [0.25, 0.3) is 0 Å². The van der Waals surface area contributed by atoms with E-state index in [1.54, 1.807) is 26.0 Å². The van der Waals surface area contributed by atoms with Gasteiger partial charge in [0.1, 0.15) is 0 Å². The molecule has 0 aliphatic heterocycles. The number of sulfone groups is 1. The molecule has 0 heterocycles. The van der Waals surface area contributed by atoms with Crippen molar-refractivity contribution in [3.05, 3.63) is 29.8 Å². The van der Waals surface area contributed by atoms with E-state index in [9.17, 15) is 8.42 Å². The molecule has 1 rings (SSSR count). The molecule has 0 aromatic heterocycles. The summed E-state index contributed by atoms with van der Waals surface area (Å²) >= 11 is 0. The van der Waals surface area contributed by atoms with Crippen LogP contribution in [-0.4, -0.2) is 19.7 Å². The Balaban J connectivity index is 3.18. The third-order valence-corrected chi connectivity index (χ3v) is 5.38. The van der Waals surface area contributed by atoms with E-state index in [-0.39, 0.29) is 6.54 Å². The van der Waals surface area contributed by atoms with Crippen molar-refractivity contribution in [2.45, 2.75) is 36.8 Å². The number of hydrogen-bond acceptors (Lipinski definition) is 3. The van der Waals surface area contributed by atoms with Crippen molar-refractivity contribution in [1.82, 2.24) is 0 Å². The predicted molar refractivity (Wildman–Crippen MR) is 66.1 cm³/mol. The van der Waals surface area contributed by atoms with Crippen molar-refractivity contribution in [3.63, 3.8) is 0 Å². The monoisotopic (exact) mass is 241 g/mol. The van der Waals surface area contributed by atoms with E-state index >= 15 is 0 Å². The Morgan fingerprint density at radius 3 is 2.06 bits per heavy atom. The summed E-state index contributed by atoms with van der Waals surface area (Å²) in [7, 11) is -3.34. The Bertz CT molecular complexity index is 446. The van der Waals surface area contributed by atoms with Crippen molar-refractivity contribution in [1.29, 1.82) is 0 Å². The fourth-order valence-corrected chi connectivity index (χ4v) is 2.68. The van der Waals surface area contributed by atoms with Gasteiger partial charge in [-0.1, -0.05) is 19.1 Å². The second-order valence-corrected chi connectivity index (χ2v) is 7.05. The fraction of sp³-hybridized carbons (Fsp3) is 0.500. The van der Waals surface area contributed by atoms with Crippen LogP contribution >= 0.6 is 0 Å². The Labute approximate surface area is 97.6 Å². The van der Waals surface area contributed by atoms with Crippen LogP contribution in [0.3, 0.4) is 0 Å². The average Bonchev–Trinajstić information content (AvgIpc) is 2.29. The van der Waals surface area contributed by atoms with E-state index in [1.165, 1.54) is 0 Å². The van der Waals surface area contributed by atoms with Crippen LogP contribution in [0, 0.1) is 0 Å². The molecule has 0 saturated heterocycles. The number of nitrogens with two attached hydrogens (primary N) is 1. The zero-order chi connectivity index (χ0) is 12.4. The molecule has 0 aliphatic carbocycles. The summed E-state index contributed by atoms with van der Waals surface area (Å²) in [6.07, 6.45) is 0.903. The van der Waals surface area contributed by atoms with Crippen molar-refractivity contribution >= 4 is 9.84 Å². The Morgan fingerprint density at radius 1 is 1.19 bits per heavy atom. The number of rotatable bonds is 4. The minimum absolute atomic E-state index is 0.116. The first-order chi connectivity index (χ1) is 7.35. The zero-order valence-electron chi connectivity index (χ0n) is 10.0. The molecule has 0 unspecified atom stereocenters. The second-order valence-electron chi connectivity index (χ2n) is 4.46. The van der Waals surface area contributed by atoms with E-state index in [2.05, 4.69) is 0 Å². The highest BCUT2D eigenvalue weighted by atomic mass is 32.2. The molecular formula is C12H19NO2S. The minimum Gasteiger partial charge on any atom is -0.329 e. The normalized spacial score (nSPS) is 12.8. The molecule has 0 aliphatic rings. The average molecular weight is 241 g/mol. The molecular weight excluding hydrogens is 222 g/mol. The number of benzene rings is 1. The first-order valence-electron chi connectivity index (χ1n) is 5.39. The van der Waals surface area contributed by atoms with Crippen LogP contribution in [0.4, 0.5) is 0 Å². The molecule has 4 heteroatoms. The molecule has 0 spiro atoms. The molecule has 0 saturated carbocycles. The highest BCUT2D eigenvalue weighted by Gasteiger charge is 2.34. The second kappa shape index (κ2) is 4.55. The molecule has 1 aromatic rings. The van der Waals surface area contributed by atoms with Gasteiger partial charge in [0.05, 0.1) is 9.64 Å². The molecule has 0 bridgehead atoms. The number of aryl methyl sites for hydroxylation is 1. The number of hydrogen-bond donors (Lipinski definition) is 1. The van der Waals surface area contributed by atoms with Gasteiger partial charge in [-0.2, -0.15) is 0 Å². The minimum atomic E-state index is -3.34. The highest BCUT2D eigenvalue weighted by molar-refractivity contribution is 7.92. The topological polar surface area (TPSA) is 60.2 Å². The van der Waals surface area contributed by atoms with Gasteiger partial charge in [-0.15, -0.1) is 0 Å². The van der Waals surface area contributed by atoms with E-state index in [1.807, 2.05) is 19.1 Å². The Hall–Kier alpha value is -0.870. The summed E-state index contributed by atoms with van der Waals surface area (Å²) in [6.45, 7) is 5.45. The van der Waals surface area contributed by atoms with Crippen LogP contribution in [-0.2, 0) is 16.3 Å². The Kier molecular flexibility index (Phi) is 3.76. The van der Waals surface area contributed by atoms with Crippen LogP contribution in [0.2, 0.25) is 0 Å². The van der Waals surface area contributed by atoms with Gasteiger partial charge in [0.25, 0.3) is 0 Å². The lowest BCUT2D eigenvalue weighted by atomic mass is 10.2. The standard InChI is InChI=1S/C12H19NO2S/c1-4-10-5-7-11(8-6-10)16(14,15)12(2,3)9-13/h5-8H,4,9,13H2,1-3H3. The van der Waals surface area contributed by atoms with Gasteiger partial charge in [-0.25, -0.2) is 8.42 Å². The van der Waals surface area contributed by atoms with Gasteiger partial charge < -0.3 is 5.73 Å². The van der Waals surface area contributed by atoms with E-state index in [0.717, 1.165) is 12.0 Å². The summed E-state index contributed by atoms with van der Waals surface area (Å²) in [6, 6.07) is 7.01.